The predicted molar refractivity (Wildman–Crippen MR) is 99.3 cm³/mol. The Hall–Kier alpha value is -2.19. The van der Waals surface area contributed by atoms with Crippen molar-refractivity contribution < 1.29 is 13.9 Å². The molecule has 2 aliphatic heterocycles. The van der Waals surface area contributed by atoms with Crippen molar-refractivity contribution in [3.05, 3.63) is 24.2 Å². The summed E-state index contributed by atoms with van der Waals surface area (Å²) in [5, 5.41) is 4.80. The third kappa shape index (κ3) is 3.77. The molecule has 8 nitrogen and oxygen atoms in total. The molecular weight excluding hydrogens is 346 g/mol. The Labute approximate surface area is 159 Å². The van der Waals surface area contributed by atoms with Crippen molar-refractivity contribution in [3.8, 4) is 11.6 Å². The van der Waals surface area contributed by atoms with E-state index in [2.05, 4.69) is 16.6 Å². The molecule has 4 rings (SSSR count). The lowest BCUT2D eigenvalue weighted by molar-refractivity contribution is -0.128. The monoisotopic (exact) mass is 373 g/mol. The maximum Gasteiger partial charge on any atom is 0.223 e. The highest BCUT2D eigenvalue weighted by atomic mass is 16.5. The molecule has 2 aromatic rings. The van der Waals surface area contributed by atoms with Crippen LogP contribution in [-0.2, 0) is 9.53 Å². The summed E-state index contributed by atoms with van der Waals surface area (Å²) in [5.74, 6) is 2.41. The second kappa shape index (κ2) is 7.82. The molecule has 0 aromatic carbocycles. The summed E-state index contributed by atoms with van der Waals surface area (Å²) in [4.78, 5) is 21.4. The van der Waals surface area contributed by atoms with E-state index in [9.17, 15) is 4.79 Å². The van der Waals surface area contributed by atoms with Gasteiger partial charge in [0.1, 0.15) is 5.82 Å². The minimum Gasteiger partial charge on any atom is -0.461 e. The Morgan fingerprint density at radius 2 is 2.15 bits per heavy atom. The van der Waals surface area contributed by atoms with Crippen molar-refractivity contribution in [2.24, 2.45) is 0 Å². The number of amides is 1. The lowest BCUT2D eigenvalue weighted by atomic mass is 10.0. The molecule has 8 heteroatoms. The number of carbonyl (C=O) groups excluding carboxylic acids is 1. The first-order valence-electron chi connectivity index (χ1n) is 9.61. The van der Waals surface area contributed by atoms with E-state index in [4.69, 9.17) is 19.2 Å². The topological polar surface area (TPSA) is 76.6 Å². The lowest BCUT2D eigenvalue weighted by Gasteiger charge is -2.30. The normalized spacial score (nSPS) is 22.1. The predicted octanol–water partition coefficient (Wildman–Crippen LogP) is 1.77. The molecule has 0 aliphatic carbocycles. The summed E-state index contributed by atoms with van der Waals surface area (Å²) >= 11 is 0. The van der Waals surface area contributed by atoms with Gasteiger partial charge in [0.2, 0.25) is 11.7 Å². The van der Waals surface area contributed by atoms with E-state index in [1.54, 1.807) is 13.4 Å². The summed E-state index contributed by atoms with van der Waals surface area (Å²) in [6, 6.07) is 4.04. The van der Waals surface area contributed by atoms with Crippen LogP contribution >= 0.6 is 0 Å². The van der Waals surface area contributed by atoms with E-state index in [1.807, 2.05) is 17.0 Å². The quantitative estimate of drug-likeness (QED) is 0.768. The molecule has 27 heavy (non-hydrogen) atoms. The number of ether oxygens (including phenoxy) is 1. The molecule has 0 spiro atoms. The van der Waals surface area contributed by atoms with E-state index >= 15 is 0 Å². The number of aromatic nitrogens is 3. The standard InChI is InChI=1S/C19H27N5O3/c1-22-7-5-15(6-8-22)24-19(20-18(21-24)16-4-3-10-27-16)14-12-17(25)23(13-14)9-11-26-2/h3-4,10,14-15H,5-9,11-13H2,1-2H3/t14-/m0/s1. The molecule has 1 amide bonds. The zero-order chi connectivity index (χ0) is 18.8. The number of furan rings is 1. The number of likely N-dealkylation sites (tertiary alicyclic amines) is 2. The van der Waals surface area contributed by atoms with Gasteiger partial charge in [-0.1, -0.05) is 0 Å². The molecule has 0 unspecified atom stereocenters. The number of rotatable bonds is 6. The number of nitrogens with zero attached hydrogens (tertiary/aromatic N) is 5. The van der Waals surface area contributed by atoms with Gasteiger partial charge in [0.15, 0.2) is 5.76 Å². The molecule has 4 heterocycles. The molecule has 0 N–H and O–H groups in total. The van der Waals surface area contributed by atoms with Crippen LogP contribution in [0.2, 0.25) is 0 Å². The molecule has 2 aliphatic rings. The third-order valence-corrected chi connectivity index (χ3v) is 5.58. The van der Waals surface area contributed by atoms with Crippen molar-refractivity contribution >= 4 is 5.91 Å². The van der Waals surface area contributed by atoms with Crippen LogP contribution in [0.15, 0.2) is 22.8 Å². The minimum atomic E-state index is 0.0604. The molecule has 0 bridgehead atoms. The van der Waals surface area contributed by atoms with Gasteiger partial charge >= 0.3 is 0 Å². The Morgan fingerprint density at radius 1 is 1.33 bits per heavy atom. The van der Waals surface area contributed by atoms with Gasteiger partial charge in [-0.25, -0.2) is 9.67 Å². The number of methoxy groups -OCH3 is 1. The van der Waals surface area contributed by atoms with Gasteiger partial charge in [-0.3, -0.25) is 4.79 Å². The zero-order valence-corrected chi connectivity index (χ0v) is 16.0. The molecule has 146 valence electrons. The molecule has 2 saturated heterocycles. The average Bonchev–Trinajstić information content (AvgIpc) is 3.40. The summed E-state index contributed by atoms with van der Waals surface area (Å²) in [7, 11) is 3.81. The van der Waals surface area contributed by atoms with E-state index in [-0.39, 0.29) is 11.8 Å². The molecule has 2 fully saturated rings. The fourth-order valence-corrected chi connectivity index (χ4v) is 3.99. The summed E-state index contributed by atoms with van der Waals surface area (Å²) in [5.41, 5.74) is 0. The van der Waals surface area contributed by atoms with Crippen molar-refractivity contribution in [3.63, 3.8) is 0 Å². The molecular formula is C19H27N5O3. The smallest absolute Gasteiger partial charge is 0.223 e. The molecule has 1 atom stereocenters. The van der Waals surface area contributed by atoms with Gasteiger partial charge in [-0.2, -0.15) is 0 Å². The van der Waals surface area contributed by atoms with Crippen molar-refractivity contribution in [2.45, 2.75) is 31.2 Å². The van der Waals surface area contributed by atoms with Gasteiger partial charge in [-0.15, -0.1) is 5.10 Å². The van der Waals surface area contributed by atoms with E-state index < -0.39 is 0 Å². The second-order valence-electron chi connectivity index (χ2n) is 7.48. The van der Waals surface area contributed by atoms with Crippen LogP contribution in [0.4, 0.5) is 0 Å². The summed E-state index contributed by atoms with van der Waals surface area (Å²) in [6.07, 6.45) is 4.19. The lowest BCUT2D eigenvalue weighted by Crippen LogP contribution is -2.33. The van der Waals surface area contributed by atoms with Crippen LogP contribution in [0.1, 0.15) is 37.0 Å². The maximum absolute atomic E-state index is 12.4. The second-order valence-corrected chi connectivity index (χ2v) is 7.48. The van der Waals surface area contributed by atoms with Crippen molar-refractivity contribution in [2.75, 3.05) is 46.9 Å². The number of carbonyl (C=O) groups is 1. The van der Waals surface area contributed by atoms with Crippen molar-refractivity contribution in [1.29, 1.82) is 0 Å². The van der Waals surface area contributed by atoms with Crippen LogP contribution in [0.5, 0.6) is 0 Å². The Kier molecular flexibility index (Phi) is 5.27. The minimum absolute atomic E-state index is 0.0604. The first-order valence-corrected chi connectivity index (χ1v) is 9.61. The maximum atomic E-state index is 12.4. The Morgan fingerprint density at radius 3 is 2.85 bits per heavy atom. The van der Waals surface area contributed by atoms with Gasteiger partial charge in [0.05, 0.1) is 18.9 Å². The summed E-state index contributed by atoms with van der Waals surface area (Å²) < 4.78 is 12.7. The first-order chi connectivity index (χ1) is 13.2. The van der Waals surface area contributed by atoms with Crippen LogP contribution in [0.25, 0.3) is 11.6 Å². The zero-order valence-electron chi connectivity index (χ0n) is 16.0. The fraction of sp³-hybridized carbons (Fsp3) is 0.632. The van der Waals surface area contributed by atoms with Crippen LogP contribution < -0.4 is 0 Å². The average molecular weight is 373 g/mol. The number of hydrogen-bond acceptors (Lipinski definition) is 6. The molecule has 0 radical (unpaired) electrons. The molecule has 2 aromatic heterocycles. The van der Waals surface area contributed by atoms with Gasteiger partial charge in [-0.05, 0) is 45.1 Å². The summed E-state index contributed by atoms with van der Waals surface area (Å²) in [6.45, 7) is 3.94. The highest BCUT2D eigenvalue weighted by Crippen LogP contribution is 2.33. The van der Waals surface area contributed by atoms with Crippen LogP contribution in [-0.4, -0.2) is 77.4 Å². The SMILES string of the molecule is COCCN1C[C@@H](c2nc(-c3ccco3)nn2C2CCN(C)CC2)CC1=O. The highest BCUT2D eigenvalue weighted by Gasteiger charge is 2.36. The van der Waals surface area contributed by atoms with E-state index in [0.717, 1.165) is 31.8 Å². The van der Waals surface area contributed by atoms with Crippen molar-refractivity contribution in [1.82, 2.24) is 24.6 Å². The molecule has 0 saturated carbocycles. The number of hydrogen-bond donors (Lipinski definition) is 0. The number of piperidine rings is 1. The van der Waals surface area contributed by atoms with Gasteiger partial charge in [0.25, 0.3) is 0 Å². The Bertz CT molecular complexity index is 764. The fourth-order valence-electron chi connectivity index (χ4n) is 3.99. The largest absolute Gasteiger partial charge is 0.461 e. The third-order valence-electron chi connectivity index (χ3n) is 5.58. The first kappa shape index (κ1) is 18.2. The van der Waals surface area contributed by atoms with Gasteiger partial charge < -0.3 is 19.0 Å². The highest BCUT2D eigenvalue weighted by molar-refractivity contribution is 5.79. The van der Waals surface area contributed by atoms with Crippen LogP contribution in [0.3, 0.4) is 0 Å². The van der Waals surface area contributed by atoms with E-state index in [1.165, 1.54) is 0 Å². The van der Waals surface area contributed by atoms with Crippen LogP contribution in [0, 0.1) is 0 Å². The van der Waals surface area contributed by atoms with Gasteiger partial charge in [0, 0.05) is 32.5 Å². The van der Waals surface area contributed by atoms with E-state index in [0.29, 0.717) is 43.7 Å². The Balaban J connectivity index is 1.61.